The van der Waals surface area contributed by atoms with Crippen LogP contribution in [0.4, 0.5) is 5.69 Å². The monoisotopic (exact) mass is 300 g/mol. The average molecular weight is 300 g/mol. The smallest absolute Gasteiger partial charge is 0.119 e. The predicted molar refractivity (Wildman–Crippen MR) is 90.8 cm³/mol. The first-order valence-electron chi connectivity index (χ1n) is 8.85. The molecule has 0 amide bonds. The van der Waals surface area contributed by atoms with Crippen LogP contribution in [0.25, 0.3) is 0 Å². The van der Waals surface area contributed by atoms with E-state index in [9.17, 15) is 0 Å². The molecule has 22 heavy (non-hydrogen) atoms. The van der Waals surface area contributed by atoms with Crippen LogP contribution in [0.1, 0.15) is 44.6 Å². The molecule has 1 unspecified atom stereocenters. The van der Waals surface area contributed by atoms with Gasteiger partial charge in [-0.15, -0.1) is 0 Å². The highest BCUT2D eigenvalue weighted by Gasteiger charge is 2.38. The quantitative estimate of drug-likeness (QED) is 0.898. The predicted octanol–water partition coefficient (Wildman–Crippen LogP) is 3.64. The summed E-state index contributed by atoms with van der Waals surface area (Å²) in [5.41, 5.74) is 3.00. The summed E-state index contributed by atoms with van der Waals surface area (Å²) in [6.45, 7) is 5.63. The Morgan fingerprint density at radius 3 is 2.91 bits per heavy atom. The molecule has 0 bridgehead atoms. The van der Waals surface area contributed by atoms with Gasteiger partial charge in [-0.2, -0.15) is 0 Å². The molecular weight excluding hydrogens is 272 g/mol. The molecule has 2 heterocycles. The summed E-state index contributed by atoms with van der Waals surface area (Å²) in [4.78, 5) is 2.54. The fourth-order valence-electron chi connectivity index (χ4n) is 4.09. The largest absolute Gasteiger partial charge is 0.493 e. The molecule has 3 heteroatoms. The molecule has 0 aromatic heterocycles. The van der Waals surface area contributed by atoms with Crippen molar-refractivity contribution in [2.75, 3.05) is 32.1 Å². The molecule has 1 aliphatic carbocycles. The lowest BCUT2D eigenvalue weighted by Gasteiger charge is -2.31. The van der Waals surface area contributed by atoms with E-state index in [1.807, 2.05) is 0 Å². The summed E-state index contributed by atoms with van der Waals surface area (Å²) in [6, 6.07) is 7.36. The topological polar surface area (TPSA) is 24.5 Å². The molecule has 1 saturated heterocycles. The van der Waals surface area contributed by atoms with Crippen molar-refractivity contribution in [2.45, 2.75) is 50.5 Å². The van der Waals surface area contributed by atoms with E-state index in [0.29, 0.717) is 0 Å². The average Bonchev–Trinajstić information content (AvgIpc) is 3.19. The Morgan fingerprint density at radius 2 is 2.18 bits per heavy atom. The molecule has 2 fully saturated rings. The maximum atomic E-state index is 6.00. The second kappa shape index (κ2) is 5.45. The third-order valence-corrected chi connectivity index (χ3v) is 5.85. The first-order chi connectivity index (χ1) is 10.6. The number of rotatable bonds is 5. The normalized spacial score (nSPS) is 31.1. The molecule has 4 rings (SSSR count). The molecule has 1 saturated carbocycles. The van der Waals surface area contributed by atoms with Gasteiger partial charge in [0.25, 0.3) is 0 Å². The van der Waals surface area contributed by atoms with Gasteiger partial charge in [-0.3, -0.25) is 0 Å². The van der Waals surface area contributed by atoms with Crippen molar-refractivity contribution in [1.29, 1.82) is 0 Å². The molecule has 120 valence electrons. The fraction of sp³-hybridized carbons (Fsp3) is 0.684. The van der Waals surface area contributed by atoms with Crippen molar-refractivity contribution in [3.05, 3.63) is 23.8 Å². The summed E-state index contributed by atoms with van der Waals surface area (Å²) in [6.07, 6.45) is 6.63. The second-order valence-corrected chi connectivity index (χ2v) is 7.86. The highest BCUT2D eigenvalue weighted by Crippen LogP contribution is 2.43. The van der Waals surface area contributed by atoms with Gasteiger partial charge in [0.1, 0.15) is 5.75 Å². The van der Waals surface area contributed by atoms with E-state index in [1.54, 1.807) is 0 Å². The van der Waals surface area contributed by atoms with Crippen molar-refractivity contribution in [2.24, 2.45) is 5.92 Å². The van der Waals surface area contributed by atoms with E-state index < -0.39 is 0 Å². The minimum atomic E-state index is 0.234. The summed E-state index contributed by atoms with van der Waals surface area (Å²) >= 11 is 0. The van der Waals surface area contributed by atoms with E-state index in [0.717, 1.165) is 30.9 Å². The Kier molecular flexibility index (Phi) is 3.56. The highest BCUT2D eigenvalue weighted by molar-refractivity contribution is 5.62. The SMILES string of the molecule is CN1CCC[C@@H]1CC1(C)CNc2ccc(OCC3CC3)cc21. The van der Waals surface area contributed by atoms with Crippen LogP contribution < -0.4 is 10.1 Å². The molecule has 1 aromatic rings. The van der Waals surface area contributed by atoms with Crippen LogP contribution in [-0.4, -0.2) is 37.7 Å². The molecule has 1 N–H and O–H groups in total. The maximum absolute atomic E-state index is 6.00. The van der Waals surface area contributed by atoms with E-state index >= 15 is 0 Å². The van der Waals surface area contributed by atoms with E-state index in [4.69, 9.17) is 4.74 Å². The number of benzene rings is 1. The second-order valence-electron chi connectivity index (χ2n) is 7.86. The van der Waals surface area contributed by atoms with Crippen LogP contribution in [0.3, 0.4) is 0 Å². The molecule has 3 aliphatic rings. The highest BCUT2D eigenvalue weighted by atomic mass is 16.5. The summed E-state index contributed by atoms with van der Waals surface area (Å²) in [5.74, 6) is 1.87. The van der Waals surface area contributed by atoms with Crippen LogP contribution in [-0.2, 0) is 5.41 Å². The van der Waals surface area contributed by atoms with Crippen molar-refractivity contribution in [1.82, 2.24) is 4.90 Å². The van der Waals surface area contributed by atoms with Crippen molar-refractivity contribution < 1.29 is 4.74 Å². The van der Waals surface area contributed by atoms with Crippen molar-refractivity contribution in [3.8, 4) is 5.75 Å². The third-order valence-electron chi connectivity index (χ3n) is 5.85. The zero-order valence-corrected chi connectivity index (χ0v) is 13.9. The summed E-state index contributed by atoms with van der Waals surface area (Å²) in [7, 11) is 2.28. The van der Waals surface area contributed by atoms with Gasteiger partial charge < -0.3 is 15.0 Å². The van der Waals surface area contributed by atoms with Crippen molar-refractivity contribution in [3.63, 3.8) is 0 Å². The van der Waals surface area contributed by atoms with Crippen LogP contribution in [0.2, 0.25) is 0 Å². The molecule has 2 aliphatic heterocycles. The van der Waals surface area contributed by atoms with Gasteiger partial charge in [0, 0.05) is 23.7 Å². The first-order valence-corrected chi connectivity index (χ1v) is 8.85. The Labute approximate surface area is 134 Å². The molecular formula is C19H28N2O. The fourth-order valence-corrected chi connectivity index (χ4v) is 4.09. The Hall–Kier alpha value is -1.22. The summed E-state index contributed by atoms with van der Waals surface area (Å²) in [5, 5.41) is 3.61. The number of likely N-dealkylation sites (tertiary alicyclic amines) is 1. The lowest BCUT2D eigenvalue weighted by Crippen LogP contribution is -2.35. The molecule has 2 atom stereocenters. The van der Waals surface area contributed by atoms with Gasteiger partial charge in [-0.1, -0.05) is 6.92 Å². The van der Waals surface area contributed by atoms with E-state index in [-0.39, 0.29) is 5.41 Å². The number of anilines is 1. The number of nitrogens with one attached hydrogen (secondary N) is 1. The minimum absolute atomic E-state index is 0.234. The number of hydrogen-bond acceptors (Lipinski definition) is 3. The van der Waals surface area contributed by atoms with E-state index in [2.05, 4.69) is 42.4 Å². The van der Waals surface area contributed by atoms with Crippen LogP contribution in [0.5, 0.6) is 5.75 Å². The Balaban J connectivity index is 1.52. The standard InChI is InChI=1S/C19H28N2O/c1-19(11-15-4-3-9-21(15)2)13-20-18-8-7-16(10-17(18)19)22-12-14-5-6-14/h7-8,10,14-15,20H,3-6,9,11-13H2,1-2H3/t15-,19?/m1/s1. The Morgan fingerprint density at radius 1 is 1.32 bits per heavy atom. The molecule has 3 nitrogen and oxygen atoms in total. The lowest BCUT2D eigenvalue weighted by atomic mass is 9.78. The maximum Gasteiger partial charge on any atom is 0.119 e. The van der Waals surface area contributed by atoms with Crippen LogP contribution >= 0.6 is 0 Å². The molecule has 0 radical (unpaired) electrons. The number of fused-ring (bicyclic) bond motifs is 1. The minimum Gasteiger partial charge on any atom is -0.493 e. The van der Waals surface area contributed by atoms with Gasteiger partial charge in [-0.25, -0.2) is 0 Å². The summed E-state index contributed by atoms with van der Waals surface area (Å²) < 4.78 is 6.00. The van der Waals surface area contributed by atoms with Crippen LogP contribution in [0.15, 0.2) is 18.2 Å². The van der Waals surface area contributed by atoms with E-state index in [1.165, 1.54) is 49.9 Å². The van der Waals surface area contributed by atoms with Crippen LogP contribution in [0, 0.1) is 5.92 Å². The number of hydrogen-bond donors (Lipinski definition) is 1. The van der Waals surface area contributed by atoms with Gasteiger partial charge in [-0.05, 0) is 75.4 Å². The van der Waals surface area contributed by atoms with Gasteiger partial charge >= 0.3 is 0 Å². The number of ether oxygens (including phenoxy) is 1. The zero-order chi connectivity index (χ0) is 15.2. The molecule has 1 aromatic carbocycles. The lowest BCUT2D eigenvalue weighted by molar-refractivity contribution is 0.254. The third kappa shape index (κ3) is 2.71. The zero-order valence-electron chi connectivity index (χ0n) is 13.9. The Bertz CT molecular complexity index is 554. The van der Waals surface area contributed by atoms with Gasteiger partial charge in [0.05, 0.1) is 6.61 Å². The molecule has 0 spiro atoms. The van der Waals surface area contributed by atoms with Gasteiger partial charge in [0.2, 0.25) is 0 Å². The van der Waals surface area contributed by atoms with Crippen molar-refractivity contribution >= 4 is 5.69 Å². The van der Waals surface area contributed by atoms with Gasteiger partial charge in [0.15, 0.2) is 0 Å². The first kappa shape index (κ1) is 14.4. The number of nitrogens with zero attached hydrogens (tertiary/aromatic N) is 1.